The monoisotopic (exact) mass is 248 g/mol. The van der Waals surface area contributed by atoms with Crippen molar-refractivity contribution in [3.05, 3.63) is 23.8 Å². The van der Waals surface area contributed by atoms with Crippen molar-refractivity contribution >= 4 is 11.6 Å². The Hall–Kier alpha value is -2.04. The lowest BCUT2D eigenvalue weighted by atomic mass is 10.0. The molecule has 1 amide bonds. The van der Waals surface area contributed by atoms with Crippen molar-refractivity contribution in [3.63, 3.8) is 0 Å². The summed E-state index contributed by atoms with van der Waals surface area (Å²) in [6.07, 6.45) is 0.702. The number of phenols is 1. The summed E-state index contributed by atoms with van der Waals surface area (Å²) < 4.78 is 5.08. The maximum atomic E-state index is 11.5. The summed E-state index contributed by atoms with van der Waals surface area (Å²) in [5.41, 5.74) is 1.82. The molecule has 1 aromatic carbocycles. The Kier molecular flexibility index (Phi) is 3.23. The van der Waals surface area contributed by atoms with Gasteiger partial charge in [-0.25, -0.2) is 5.01 Å². The molecule has 5 nitrogen and oxygen atoms in total. The lowest BCUT2D eigenvalue weighted by Crippen LogP contribution is -2.24. The van der Waals surface area contributed by atoms with Crippen LogP contribution in [0.15, 0.2) is 23.3 Å². The Balaban J connectivity index is 2.34. The van der Waals surface area contributed by atoms with Crippen LogP contribution in [0.1, 0.15) is 31.9 Å². The Morgan fingerprint density at radius 1 is 1.56 bits per heavy atom. The third kappa shape index (κ3) is 2.16. The summed E-state index contributed by atoms with van der Waals surface area (Å²) in [4.78, 5) is 11.5. The number of benzene rings is 1. The van der Waals surface area contributed by atoms with Gasteiger partial charge in [-0.15, -0.1) is 0 Å². The fraction of sp³-hybridized carbons (Fsp3) is 0.385. The number of hydrazone groups is 1. The molecule has 2 rings (SSSR count). The number of aromatic hydroxyl groups is 1. The van der Waals surface area contributed by atoms with Crippen molar-refractivity contribution in [1.82, 2.24) is 5.01 Å². The van der Waals surface area contributed by atoms with Gasteiger partial charge in [0.15, 0.2) is 11.5 Å². The maximum Gasteiger partial charge on any atom is 0.240 e. The van der Waals surface area contributed by atoms with Gasteiger partial charge in [0, 0.05) is 19.1 Å². The van der Waals surface area contributed by atoms with Crippen molar-refractivity contribution in [2.45, 2.75) is 26.3 Å². The number of hydrogen-bond acceptors (Lipinski definition) is 4. The Bertz CT molecular complexity index is 511. The van der Waals surface area contributed by atoms with Gasteiger partial charge in [-0.2, -0.15) is 5.10 Å². The first-order chi connectivity index (χ1) is 8.52. The Labute approximate surface area is 106 Å². The normalized spacial score (nSPS) is 18.7. The number of nitrogens with zero attached hydrogens (tertiary/aromatic N) is 2. The average Bonchev–Trinajstić information content (AvgIpc) is 2.72. The van der Waals surface area contributed by atoms with E-state index in [2.05, 4.69) is 5.10 Å². The molecule has 5 heteroatoms. The predicted octanol–water partition coefficient (Wildman–Crippen LogP) is 2.07. The zero-order valence-corrected chi connectivity index (χ0v) is 10.7. The van der Waals surface area contributed by atoms with Gasteiger partial charge in [-0.05, 0) is 24.6 Å². The number of methoxy groups -OCH3 is 1. The van der Waals surface area contributed by atoms with Crippen molar-refractivity contribution in [1.29, 1.82) is 0 Å². The molecule has 1 N–H and O–H groups in total. The fourth-order valence-corrected chi connectivity index (χ4v) is 2.11. The highest BCUT2D eigenvalue weighted by atomic mass is 16.5. The van der Waals surface area contributed by atoms with Crippen LogP contribution in [0, 0.1) is 0 Å². The molecular formula is C13H16N2O3. The predicted molar refractivity (Wildman–Crippen MR) is 67.6 cm³/mol. The molecule has 1 aliphatic rings. The van der Waals surface area contributed by atoms with Crippen molar-refractivity contribution in [2.24, 2.45) is 5.10 Å². The van der Waals surface area contributed by atoms with Crippen LogP contribution in [0.25, 0.3) is 0 Å². The van der Waals surface area contributed by atoms with Crippen molar-refractivity contribution in [2.75, 3.05) is 7.11 Å². The molecule has 18 heavy (non-hydrogen) atoms. The van der Waals surface area contributed by atoms with Gasteiger partial charge in [0.05, 0.1) is 13.2 Å². The topological polar surface area (TPSA) is 62.1 Å². The molecule has 0 spiro atoms. The maximum absolute atomic E-state index is 11.5. The molecule has 1 aromatic rings. The second-order valence-electron chi connectivity index (χ2n) is 4.35. The summed E-state index contributed by atoms with van der Waals surface area (Å²) in [5.74, 6) is 0.399. The number of amides is 1. The highest BCUT2D eigenvalue weighted by Crippen LogP contribution is 2.35. The van der Waals surface area contributed by atoms with Gasteiger partial charge in [0.1, 0.15) is 0 Å². The second-order valence-corrected chi connectivity index (χ2v) is 4.35. The van der Waals surface area contributed by atoms with Crippen LogP contribution in [0.5, 0.6) is 11.5 Å². The second kappa shape index (κ2) is 4.68. The highest BCUT2D eigenvalue weighted by molar-refractivity contribution is 5.87. The zero-order chi connectivity index (χ0) is 13.3. The third-order valence-electron chi connectivity index (χ3n) is 2.97. The molecule has 0 saturated heterocycles. The summed E-state index contributed by atoms with van der Waals surface area (Å²) in [5, 5.41) is 15.3. The van der Waals surface area contributed by atoms with E-state index in [1.165, 1.54) is 19.0 Å². The minimum absolute atomic E-state index is 0.0891. The van der Waals surface area contributed by atoms with E-state index in [9.17, 15) is 9.90 Å². The van der Waals surface area contributed by atoms with E-state index in [-0.39, 0.29) is 17.7 Å². The van der Waals surface area contributed by atoms with Crippen molar-refractivity contribution in [3.8, 4) is 11.5 Å². The SMILES string of the molecule is COc1cc([C@H]2CC(C)=NN2C(C)=O)ccc1O. The summed E-state index contributed by atoms with van der Waals surface area (Å²) >= 11 is 0. The number of hydrogen-bond donors (Lipinski definition) is 1. The van der Waals surface area contributed by atoms with E-state index in [4.69, 9.17) is 4.74 Å². The van der Waals surface area contributed by atoms with Crippen LogP contribution >= 0.6 is 0 Å². The summed E-state index contributed by atoms with van der Waals surface area (Å²) in [6.45, 7) is 3.39. The van der Waals surface area contributed by atoms with Crippen LogP contribution in [0.4, 0.5) is 0 Å². The minimum Gasteiger partial charge on any atom is -0.504 e. The number of rotatable bonds is 2. The average molecular weight is 248 g/mol. The minimum atomic E-state index is -0.114. The van der Waals surface area contributed by atoms with E-state index in [0.717, 1.165) is 11.3 Å². The van der Waals surface area contributed by atoms with Crippen molar-refractivity contribution < 1.29 is 14.6 Å². The number of carbonyl (C=O) groups is 1. The summed E-state index contributed by atoms with van der Waals surface area (Å²) in [7, 11) is 1.50. The molecule has 0 fully saturated rings. The molecular weight excluding hydrogens is 232 g/mol. The number of carbonyl (C=O) groups excluding carboxylic acids is 1. The largest absolute Gasteiger partial charge is 0.504 e. The molecule has 1 atom stereocenters. The van der Waals surface area contributed by atoms with Gasteiger partial charge in [0.2, 0.25) is 5.91 Å². The smallest absolute Gasteiger partial charge is 0.240 e. The molecule has 0 saturated carbocycles. The number of ether oxygens (including phenoxy) is 1. The van der Waals surface area contributed by atoms with Crippen LogP contribution in [-0.2, 0) is 4.79 Å². The van der Waals surface area contributed by atoms with Crippen LogP contribution < -0.4 is 4.74 Å². The van der Waals surface area contributed by atoms with Gasteiger partial charge in [-0.1, -0.05) is 6.07 Å². The van der Waals surface area contributed by atoms with Gasteiger partial charge in [-0.3, -0.25) is 4.79 Å². The Morgan fingerprint density at radius 3 is 2.89 bits per heavy atom. The zero-order valence-electron chi connectivity index (χ0n) is 10.7. The first kappa shape index (κ1) is 12.4. The standard InChI is InChI=1S/C13H16N2O3/c1-8-6-11(15(14-8)9(2)16)10-4-5-12(17)13(7-10)18-3/h4-5,7,11,17H,6H2,1-3H3/t11-/m1/s1. The van der Waals surface area contributed by atoms with Crippen LogP contribution in [0.3, 0.4) is 0 Å². The van der Waals surface area contributed by atoms with Crippen LogP contribution in [0.2, 0.25) is 0 Å². The molecule has 0 unspecified atom stereocenters. The van der Waals surface area contributed by atoms with Gasteiger partial charge >= 0.3 is 0 Å². The van der Waals surface area contributed by atoms with E-state index in [1.807, 2.05) is 6.92 Å². The van der Waals surface area contributed by atoms with E-state index < -0.39 is 0 Å². The van der Waals surface area contributed by atoms with E-state index in [0.29, 0.717) is 12.2 Å². The molecule has 0 aliphatic carbocycles. The third-order valence-corrected chi connectivity index (χ3v) is 2.97. The molecule has 0 radical (unpaired) electrons. The Morgan fingerprint density at radius 2 is 2.28 bits per heavy atom. The van der Waals surface area contributed by atoms with E-state index >= 15 is 0 Å². The first-order valence-electron chi connectivity index (χ1n) is 5.73. The first-order valence-corrected chi connectivity index (χ1v) is 5.73. The quantitative estimate of drug-likeness (QED) is 0.871. The lowest BCUT2D eigenvalue weighted by molar-refractivity contribution is -0.130. The molecule has 0 bridgehead atoms. The van der Waals surface area contributed by atoms with Gasteiger partial charge in [0.25, 0.3) is 0 Å². The summed E-state index contributed by atoms with van der Waals surface area (Å²) in [6, 6.07) is 4.98. The van der Waals surface area contributed by atoms with Crippen LogP contribution in [-0.4, -0.2) is 28.8 Å². The molecule has 0 aromatic heterocycles. The number of phenolic OH excluding ortho intramolecular Hbond substituents is 1. The van der Waals surface area contributed by atoms with E-state index in [1.54, 1.807) is 18.2 Å². The molecule has 1 heterocycles. The highest BCUT2D eigenvalue weighted by Gasteiger charge is 2.29. The lowest BCUT2D eigenvalue weighted by Gasteiger charge is -2.21. The fourth-order valence-electron chi connectivity index (χ4n) is 2.11. The molecule has 1 aliphatic heterocycles. The van der Waals surface area contributed by atoms with Gasteiger partial charge < -0.3 is 9.84 Å². The molecule has 96 valence electrons.